The highest BCUT2D eigenvalue weighted by Crippen LogP contribution is 2.26. The summed E-state index contributed by atoms with van der Waals surface area (Å²) in [6.45, 7) is 8.74. The van der Waals surface area contributed by atoms with Crippen LogP contribution in [0, 0.1) is 0 Å². The smallest absolute Gasteiger partial charge is 0.260 e. The molecule has 0 aromatic heterocycles. The van der Waals surface area contributed by atoms with E-state index in [1.165, 1.54) is 5.56 Å². The fourth-order valence-electron chi connectivity index (χ4n) is 2.61. The third-order valence-electron chi connectivity index (χ3n) is 4.17. The Morgan fingerprint density at radius 1 is 0.958 bits per heavy atom. The van der Waals surface area contributed by atoms with E-state index in [2.05, 4.69) is 38.2 Å². The maximum Gasteiger partial charge on any atom is 0.260 e. The van der Waals surface area contributed by atoms with Gasteiger partial charge in [-0.3, -0.25) is 4.79 Å². The highest BCUT2D eigenvalue weighted by molar-refractivity contribution is 5.80. The van der Waals surface area contributed by atoms with Crippen molar-refractivity contribution < 1.29 is 9.53 Å². The second-order valence-corrected chi connectivity index (χ2v) is 6.51. The van der Waals surface area contributed by atoms with E-state index in [1.807, 2.05) is 42.5 Å². The highest BCUT2D eigenvalue weighted by Gasteiger charge is 2.18. The second kappa shape index (κ2) is 8.53. The van der Waals surface area contributed by atoms with Gasteiger partial charge in [-0.05, 0) is 36.0 Å². The van der Waals surface area contributed by atoms with Crippen molar-refractivity contribution in [1.82, 2.24) is 5.32 Å². The van der Waals surface area contributed by atoms with Gasteiger partial charge in [0.1, 0.15) is 5.75 Å². The van der Waals surface area contributed by atoms with E-state index >= 15 is 0 Å². The number of para-hydroxylation sites is 1. The largest absolute Gasteiger partial charge is 0.481 e. The van der Waals surface area contributed by atoms with Gasteiger partial charge in [0.2, 0.25) is 0 Å². The summed E-state index contributed by atoms with van der Waals surface area (Å²) in [4.78, 5) is 12.3. The molecule has 2 aromatic carbocycles. The van der Waals surface area contributed by atoms with Crippen molar-refractivity contribution in [2.45, 2.75) is 45.6 Å². The van der Waals surface area contributed by atoms with Gasteiger partial charge >= 0.3 is 0 Å². The van der Waals surface area contributed by atoms with Crippen molar-refractivity contribution in [3.05, 3.63) is 65.7 Å². The molecule has 2 atom stereocenters. The molecular weight excluding hydrogens is 298 g/mol. The molecule has 1 amide bonds. The first-order chi connectivity index (χ1) is 11.5. The molecule has 0 fully saturated rings. The molecule has 0 unspecified atom stereocenters. The average molecular weight is 325 g/mol. The monoisotopic (exact) mass is 325 g/mol. The Hall–Kier alpha value is -2.29. The number of nitrogens with one attached hydrogen (secondary N) is 1. The predicted octanol–water partition coefficient (Wildman–Crippen LogP) is 4.50. The van der Waals surface area contributed by atoms with Crippen molar-refractivity contribution in [2.75, 3.05) is 6.54 Å². The van der Waals surface area contributed by atoms with E-state index in [0.29, 0.717) is 12.5 Å². The summed E-state index contributed by atoms with van der Waals surface area (Å²) >= 11 is 0. The lowest BCUT2D eigenvalue weighted by Gasteiger charge is -2.20. The number of amides is 1. The molecule has 0 aliphatic carbocycles. The number of rotatable bonds is 7. The topological polar surface area (TPSA) is 38.3 Å². The van der Waals surface area contributed by atoms with E-state index in [-0.39, 0.29) is 11.8 Å². The summed E-state index contributed by atoms with van der Waals surface area (Å²) in [6, 6.07) is 18.1. The molecule has 0 aliphatic heterocycles. The molecule has 0 heterocycles. The van der Waals surface area contributed by atoms with Crippen LogP contribution in [0.5, 0.6) is 5.75 Å². The lowest BCUT2D eigenvalue weighted by Crippen LogP contribution is -2.38. The Kier molecular flexibility index (Phi) is 6.42. The van der Waals surface area contributed by atoms with Gasteiger partial charge in [0.25, 0.3) is 5.91 Å². The fraction of sp³-hybridized carbons (Fsp3) is 0.381. The molecular formula is C21H27NO2. The Bertz CT molecular complexity index is 652. The third-order valence-corrected chi connectivity index (χ3v) is 4.17. The zero-order valence-corrected chi connectivity index (χ0v) is 15.0. The zero-order chi connectivity index (χ0) is 17.5. The van der Waals surface area contributed by atoms with Gasteiger partial charge in [0.05, 0.1) is 0 Å². The number of hydrogen-bond donors (Lipinski definition) is 1. The van der Waals surface area contributed by atoms with Crippen LogP contribution in [0.15, 0.2) is 54.6 Å². The number of carbonyl (C=O) groups is 1. The van der Waals surface area contributed by atoms with Gasteiger partial charge in [-0.15, -0.1) is 0 Å². The highest BCUT2D eigenvalue weighted by atomic mass is 16.5. The van der Waals surface area contributed by atoms with Crippen LogP contribution in [0.1, 0.15) is 50.7 Å². The number of hydrogen-bond acceptors (Lipinski definition) is 2. The molecule has 0 saturated heterocycles. The van der Waals surface area contributed by atoms with Crippen LogP contribution >= 0.6 is 0 Å². The molecule has 1 N–H and O–H groups in total. The quantitative estimate of drug-likeness (QED) is 0.814. The maximum absolute atomic E-state index is 12.3. The molecule has 3 nitrogen and oxygen atoms in total. The Balaban J connectivity index is 1.91. The van der Waals surface area contributed by atoms with Crippen LogP contribution in [-0.4, -0.2) is 18.6 Å². The summed E-state index contributed by atoms with van der Waals surface area (Å²) in [5.41, 5.74) is 2.34. The van der Waals surface area contributed by atoms with Gasteiger partial charge in [0.15, 0.2) is 6.10 Å². The van der Waals surface area contributed by atoms with Crippen LogP contribution in [0.3, 0.4) is 0 Å². The molecule has 0 radical (unpaired) electrons. The lowest BCUT2D eigenvalue weighted by atomic mass is 10.0. The van der Waals surface area contributed by atoms with E-state index in [1.54, 1.807) is 6.92 Å². The van der Waals surface area contributed by atoms with Gasteiger partial charge < -0.3 is 10.1 Å². The predicted molar refractivity (Wildman–Crippen MR) is 98.5 cm³/mol. The summed E-state index contributed by atoms with van der Waals surface area (Å²) in [7, 11) is 0. The molecule has 0 bridgehead atoms. The molecule has 2 rings (SSSR count). The number of carbonyl (C=O) groups excluding carboxylic acids is 1. The van der Waals surface area contributed by atoms with Gasteiger partial charge in [-0.1, -0.05) is 69.3 Å². The summed E-state index contributed by atoms with van der Waals surface area (Å²) < 4.78 is 5.89. The van der Waals surface area contributed by atoms with E-state index in [0.717, 1.165) is 11.3 Å². The van der Waals surface area contributed by atoms with E-state index < -0.39 is 6.10 Å². The number of benzene rings is 2. The first-order valence-electron chi connectivity index (χ1n) is 8.57. The second-order valence-electron chi connectivity index (χ2n) is 6.51. The van der Waals surface area contributed by atoms with Crippen LogP contribution in [0.2, 0.25) is 0 Å². The van der Waals surface area contributed by atoms with Crippen molar-refractivity contribution in [3.8, 4) is 5.75 Å². The zero-order valence-electron chi connectivity index (χ0n) is 15.0. The molecule has 2 aromatic rings. The van der Waals surface area contributed by atoms with E-state index in [4.69, 9.17) is 4.74 Å². The lowest BCUT2D eigenvalue weighted by molar-refractivity contribution is -0.127. The normalized spacial score (nSPS) is 13.4. The minimum Gasteiger partial charge on any atom is -0.481 e. The molecule has 0 spiro atoms. The molecule has 24 heavy (non-hydrogen) atoms. The Labute approximate surface area is 145 Å². The number of ether oxygens (including phenoxy) is 1. The van der Waals surface area contributed by atoms with Gasteiger partial charge in [-0.2, -0.15) is 0 Å². The van der Waals surface area contributed by atoms with Crippen LogP contribution in [0.25, 0.3) is 0 Å². The molecule has 0 saturated carbocycles. The van der Waals surface area contributed by atoms with Crippen LogP contribution in [0.4, 0.5) is 0 Å². The summed E-state index contributed by atoms with van der Waals surface area (Å²) in [6.07, 6.45) is -0.520. The first-order valence-corrected chi connectivity index (χ1v) is 8.57. The SMILES string of the molecule is CC(C)c1ccccc1O[C@@H](C)C(=O)NC[C@@H](C)c1ccccc1. The first kappa shape index (κ1) is 18.1. The van der Waals surface area contributed by atoms with Crippen molar-refractivity contribution >= 4 is 5.91 Å². The summed E-state index contributed by atoms with van der Waals surface area (Å²) in [5, 5.41) is 2.99. The summed E-state index contributed by atoms with van der Waals surface area (Å²) in [5.74, 6) is 1.32. The van der Waals surface area contributed by atoms with Crippen molar-refractivity contribution in [1.29, 1.82) is 0 Å². The minimum atomic E-state index is -0.520. The maximum atomic E-state index is 12.3. The Morgan fingerprint density at radius 3 is 2.25 bits per heavy atom. The van der Waals surface area contributed by atoms with Gasteiger partial charge in [-0.25, -0.2) is 0 Å². The van der Waals surface area contributed by atoms with Crippen LogP contribution < -0.4 is 10.1 Å². The third kappa shape index (κ3) is 4.85. The molecule has 0 aliphatic rings. The standard InChI is InChI=1S/C21H27NO2/c1-15(2)19-12-8-9-13-20(19)24-17(4)21(23)22-14-16(3)18-10-6-5-7-11-18/h5-13,15-17H,14H2,1-4H3,(H,22,23)/t16-,17+/m1/s1. The fourth-order valence-corrected chi connectivity index (χ4v) is 2.61. The average Bonchev–Trinajstić information content (AvgIpc) is 2.60. The van der Waals surface area contributed by atoms with E-state index in [9.17, 15) is 4.79 Å². The molecule has 128 valence electrons. The van der Waals surface area contributed by atoms with Crippen LogP contribution in [-0.2, 0) is 4.79 Å². The molecule has 3 heteroatoms. The minimum absolute atomic E-state index is 0.0867. The Morgan fingerprint density at radius 2 is 1.58 bits per heavy atom. The van der Waals surface area contributed by atoms with Crippen molar-refractivity contribution in [2.24, 2.45) is 0 Å². The van der Waals surface area contributed by atoms with Gasteiger partial charge in [0, 0.05) is 6.54 Å². The van der Waals surface area contributed by atoms with Crippen molar-refractivity contribution in [3.63, 3.8) is 0 Å².